The zero-order valence-electron chi connectivity index (χ0n) is 14.0. The van der Waals surface area contributed by atoms with Crippen LogP contribution in [0, 0.1) is 5.92 Å². The second-order valence-corrected chi connectivity index (χ2v) is 7.02. The van der Waals surface area contributed by atoms with Crippen LogP contribution < -0.4 is 0 Å². The molecular formula is C18H24O6. The Morgan fingerprint density at radius 3 is 2.58 bits per heavy atom. The number of hydrogen-bond donors (Lipinski definition) is 1. The Balaban J connectivity index is 1.54. The molecule has 132 valence electrons. The van der Waals surface area contributed by atoms with Crippen LogP contribution in [0.4, 0.5) is 0 Å². The number of aliphatic hydroxyl groups is 1. The lowest BCUT2D eigenvalue weighted by Crippen LogP contribution is -2.45. The Labute approximate surface area is 141 Å². The first-order valence-electron chi connectivity index (χ1n) is 8.47. The number of ether oxygens (including phenoxy) is 5. The summed E-state index contributed by atoms with van der Waals surface area (Å²) in [6, 6.07) is 9.98. The number of rotatable bonds is 2. The van der Waals surface area contributed by atoms with E-state index in [-0.39, 0.29) is 30.8 Å². The van der Waals surface area contributed by atoms with Crippen LogP contribution in [0.1, 0.15) is 25.5 Å². The third kappa shape index (κ3) is 2.98. The van der Waals surface area contributed by atoms with Gasteiger partial charge in [0.05, 0.1) is 25.9 Å². The molecular weight excluding hydrogens is 312 g/mol. The Morgan fingerprint density at radius 1 is 1.04 bits per heavy atom. The van der Waals surface area contributed by atoms with Gasteiger partial charge in [-0.05, 0) is 19.4 Å². The summed E-state index contributed by atoms with van der Waals surface area (Å²) in [5.74, 6) is -0.711. The molecule has 3 fully saturated rings. The molecule has 1 aromatic rings. The summed E-state index contributed by atoms with van der Waals surface area (Å²) in [6.07, 6.45) is -1.53. The van der Waals surface area contributed by atoms with E-state index in [1.807, 2.05) is 44.2 Å². The molecule has 0 aliphatic carbocycles. The van der Waals surface area contributed by atoms with Gasteiger partial charge in [-0.2, -0.15) is 0 Å². The molecule has 4 rings (SSSR count). The van der Waals surface area contributed by atoms with Crippen molar-refractivity contribution in [1.82, 2.24) is 0 Å². The van der Waals surface area contributed by atoms with Crippen LogP contribution in [0.2, 0.25) is 0 Å². The Bertz CT molecular complexity index is 562. The summed E-state index contributed by atoms with van der Waals surface area (Å²) in [5.41, 5.74) is 1.06. The fourth-order valence-electron chi connectivity index (χ4n) is 3.75. The fraction of sp³-hybridized carbons (Fsp3) is 0.667. The minimum Gasteiger partial charge on any atom is -0.394 e. The second-order valence-electron chi connectivity index (χ2n) is 7.02. The van der Waals surface area contributed by atoms with Crippen LogP contribution in [0.3, 0.4) is 0 Å². The summed E-state index contributed by atoms with van der Waals surface area (Å²) in [6.45, 7) is 4.50. The predicted molar refractivity (Wildman–Crippen MR) is 84.1 cm³/mol. The van der Waals surface area contributed by atoms with Crippen molar-refractivity contribution in [2.75, 3.05) is 19.8 Å². The molecule has 0 aromatic heterocycles. The summed E-state index contributed by atoms with van der Waals surface area (Å²) in [4.78, 5) is 0. The van der Waals surface area contributed by atoms with E-state index in [9.17, 15) is 5.11 Å². The zero-order valence-corrected chi connectivity index (χ0v) is 14.0. The standard InChI is InChI=1S/C18H24O6/c1-18(2)23-16-12-9-20-14(11-6-4-3-5-7-11)10-21-13(8-19)15(12)22-17(16)24-18/h3-7,12-17,19H,8-10H2,1-2H3/t12-,13?,14?,15+,16?,17-/m1/s1. The van der Waals surface area contributed by atoms with Crippen molar-refractivity contribution in [2.45, 2.75) is 50.3 Å². The third-order valence-electron chi connectivity index (χ3n) is 4.89. The highest BCUT2D eigenvalue weighted by atomic mass is 16.8. The van der Waals surface area contributed by atoms with Gasteiger partial charge in [-0.1, -0.05) is 30.3 Å². The zero-order chi connectivity index (χ0) is 16.7. The molecule has 0 spiro atoms. The fourth-order valence-corrected chi connectivity index (χ4v) is 3.75. The molecule has 3 aliphatic rings. The third-order valence-corrected chi connectivity index (χ3v) is 4.89. The lowest BCUT2D eigenvalue weighted by atomic mass is 9.94. The SMILES string of the molecule is CC1(C)OC2[C@H](O[C@@H]3C(CO)OCC(c4ccccc4)OC[C@@H]23)O1. The summed E-state index contributed by atoms with van der Waals surface area (Å²) in [5, 5.41) is 9.75. The van der Waals surface area contributed by atoms with Gasteiger partial charge in [0.2, 0.25) is 0 Å². The van der Waals surface area contributed by atoms with Crippen LogP contribution in [-0.2, 0) is 23.7 Å². The molecule has 6 nitrogen and oxygen atoms in total. The van der Waals surface area contributed by atoms with E-state index >= 15 is 0 Å². The van der Waals surface area contributed by atoms with Gasteiger partial charge in [0.15, 0.2) is 12.1 Å². The first kappa shape index (κ1) is 16.4. The van der Waals surface area contributed by atoms with Crippen molar-refractivity contribution in [3.05, 3.63) is 35.9 Å². The van der Waals surface area contributed by atoms with E-state index in [0.29, 0.717) is 13.2 Å². The first-order chi connectivity index (χ1) is 11.6. The van der Waals surface area contributed by atoms with E-state index in [1.165, 1.54) is 0 Å². The summed E-state index contributed by atoms with van der Waals surface area (Å²) >= 11 is 0. The summed E-state index contributed by atoms with van der Waals surface area (Å²) in [7, 11) is 0. The van der Waals surface area contributed by atoms with Gasteiger partial charge in [-0.15, -0.1) is 0 Å². The van der Waals surface area contributed by atoms with Gasteiger partial charge in [0.25, 0.3) is 0 Å². The molecule has 3 saturated heterocycles. The van der Waals surface area contributed by atoms with Crippen molar-refractivity contribution in [2.24, 2.45) is 5.92 Å². The number of hydrogen-bond acceptors (Lipinski definition) is 6. The molecule has 0 saturated carbocycles. The van der Waals surface area contributed by atoms with Crippen molar-refractivity contribution >= 4 is 0 Å². The van der Waals surface area contributed by atoms with Crippen LogP contribution in [0.25, 0.3) is 0 Å². The van der Waals surface area contributed by atoms with Crippen molar-refractivity contribution in [3.8, 4) is 0 Å². The van der Waals surface area contributed by atoms with Crippen LogP contribution in [-0.4, -0.2) is 55.3 Å². The second kappa shape index (κ2) is 6.37. The largest absolute Gasteiger partial charge is 0.394 e. The summed E-state index contributed by atoms with van der Waals surface area (Å²) < 4.78 is 29.9. The van der Waals surface area contributed by atoms with Gasteiger partial charge in [0.1, 0.15) is 18.3 Å². The quantitative estimate of drug-likeness (QED) is 0.885. The molecule has 1 N–H and O–H groups in total. The maximum atomic E-state index is 9.75. The van der Waals surface area contributed by atoms with Crippen LogP contribution in [0.5, 0.6) is 0 Å². The highest BCUT2D eigenvalue weighted by Gasteiger charge is 2.57. The molecule has 6 atom stereocenters. The number of fused-ring (bicyclic) bond motifs is 3. The Morgan fingerprint density at radius 2 is 1.83 bits per heavy atom. The monoisotopic (exact) mass is 336 g/mol. The number of aliphatic hydroxyl groups excluding tert-OH is 1. The lowest BCUT2D eigenvalue weighted by Gasteiger charge is -2.34. The van der Waals surface area contributed by atoms with Gasteiger partial charge in [-0.3, -0.25) is 0 Å². The maximum Gasteiger partial charge on any atom is 0.188 e. The Kier molecular flexibility index (Phi) is 4.36. The van der Waals surface area contributed by atoms with E-state index in [2.05, 4.69) is 0 Å². The smallest absolute Gasteiger partial charge is 0.188 e. The van der Waals surface area contributed by atoms with Gasteiger partial charge in [0, 0.05) is 5.92 Å². The van der Waals surface area contributed by atoms with E-state index in [4.69, 9.17) is 23.7 Å². The van der Waals surface area contributed by atoms with E-state index in [1.54, 1.807) is 0 Å². The van der Waals surface area contributed by atoms with Gasteiger partial charge in [-0.25, -0.2) is 0 Å². The maximum absolute atomic E-state index is 9.75. The minimum atomic E-state index is -0.670. The first-order valence-corrected chi connectivity index (χ1v) is 8.47. The average molecular weight is 336 g/mol. The minimum absolute atomic E-state index is 0.0413. The molecule has 24 heavy (non-hydrogen) atoms. The van der Waals surface area contributed by atoms with Crippen molar-refractivity contribution < 1.29 is 28.8 Å². The molecule has 3 heterocycles. The average Bonchev–Trinajstić information content (AvgIpc) is 3.01. The normalized spacial score (nSPS) is 41.3. The lowest BCUT2D eigenvalue weighted by molar-refractivity contribution is -0.237. The highest BCUT2D eigenvalue weighted by molar-refractivity contribution is 5.18. The molecule has 3 aliphatic heterocycles. The molecule has 0 bridgehead atoms. The van der Waals surface area contributed by atoms with Crippen molar-refractivity contribution in [1.29, 1.82) is 0 Å². The number of benzene rings is 1. The van der Waals surface area contributed by atoms with Gasteiger partial charge < -0.3 is 28.8 Å². The van der Waals surface area contributed by atoms with Gasteiger partial charge >= 0.3 is 0 Å². The van der Waals surface area contributed by atoms with Crippen molar-refractivity contribution in [3.63, 3.8) is 0 Å². The molecule has 3 unspecified atom stereocenters. The molecule has 0 amide bonds. The Hall–Kier alpha value is -1.02. The molecule has 0 radical (unpaired) electrons. The van der Waals surface area contributed by atoms with Crippen LogP contribution in [0.15, 0.2) is 30.3 Å². The van der Waals surface area contributed by atoms with Crippen LogP contribution >= 0.6 is 0 Å². The van der Waals surface area contributed by atoms with E-state index in [0.717, 1.165) is 5.56 Å². The topological polar surface area (TPSA) is 66.4 Å². The predicted octanol–water partition coefficient (Wildman–Crippen LogP) is 1.63. The molecule has 6 heteroatoms. The van der Waals surface area contributed by atoms with E-state index < -0.39 is 18.2 Å². The molecule has 1 aromatic carbocycles. The highest BCUT2D eigenvalue weighted by Crippen LogP contribution is 2.43.